The second-order valence-corrected chi connectivity index (χ2v) is 6.15. The van der Waals surface area contributed by atoms with Gasteiger partial charge in [-0.05, 0) is 13.8 Å². The molecular formula is C10H28N4O4Si. The zero-order valence-electron chi connectivity index (χ0n) is 11.8. The molecule has 0 aliphatic heterocycles. The van der Waals surface area contributed by atoms with Crippen molar-refractivity contribution >= 4 is 9.05 Å². The summed E-state index contributed by atoms with van der Waals surface area (Å²) in [4.78, 5) is 0. The van der Waals surface area contributed by atoms with Crippen molar-refractivity contribution in [1.29, 1.82) is 0 Å². The second kappa shape index (κ2) is 10.7. The molecule has 2 unspecified atom stereocenters. The lowest BCUT2D eigenvalue weighted by molar-refractivity contribution is -0.0632. The molecule has 0 rings (SSSR count). The van der Waals surface area contributed by atoms with Gasteiger partial charge in [-0.25, -0.2) is 0 Å². The summed E-state index contributed by atoms with van der Waals surface area (Å²) in [6.07, 6.45) is -0.514. The highest BCUT2D eigenvalue weighted by atomic mass is 28.4. The van der Waals surface area contributed by atoms with Crippen molar-refractivity contribution in [3.8, 4) is 0 Å². The van der Waals surface area contributed by atoms with E-state index < -0.39 is 9.05 Å². The van der Waals surface area contributed by atoms with Crippen LogP contribution in [0.4, 0.5) is 0 Å². The first-order valence-electron chi connectivity index (χ1n) is 6.47. The van der Waals surface area contributed by atoms with Crippen molar-refractivity contribution in [3.05, 3.63) is 0 Å². The summed E-state index contributed by atoms with van der Waals surface area (Å²) < 4.78 is 22.7. The molecule has 0 aromatic rings. The summed E-state index contributed by atoms with van der Waals surface area (Å²) in [6.45, 7) is 5.49. The van der Waals surface area contributed by atoms with E-state index in [9.17, 15) is 0 Å². The standard InChI is InChI=1S/C10H28N4O4Si/c1-9(7-13)17-19(15-5-3-11,16-6-4-12)18-10(2)8-14/h9-10H,3-8,11-14H2,1-2H3. The Morgan fingerprint density at radius 1 is 0.789 bits per heavy atom. The van der Waals surface area contributed by atoms with E-state index >= 15 is 0 Å². The fourth-order valence-electron chi connectivity index (χ4n) is 1.16. The minimum Gasteiger partial charge on any atom is -0.350 e. The maximum absolute atomic E-state index is 5.74. The van der Waals surface area contributed by atoms with E-state index in [4.69, 9.17) is 40.6 Å². The van der Waals surface area contributed by atoms with Crippen LogP contribution < -0.4 is 22.9 Å². The summed E-state index contributed by atoms with van der Waals surface area (Å²) in [5.74, 6) is 0. The molecule has 0 bridgehead atoms. The Morgan fingerprint density at radius 3 is 1.42 bits per heavy atom. The van der Waals surface area contributed by atoms with Gasteiger partial charge in [-0.15, -0.1) is 0 Å². The van der Waals surface area contributed by atoms with Crippen LogP contribution in [-0.4, -0.2) is 60.6 Å². The maximum atomic E-state index is 5.74. The third kappa shape index (κ3) is 7.92. The predicted molar refractivity (Wildman–Crippen MR) is 75.0 cm³/mol. The summed E-state index contributed by atoms with van der Waals surface area (Å²) in [5.41, 5.74) is 22.0. The van der Waals surface area contributed by atoms with Crippen LogP contribution in [0.15, 0.2) is 0 Å². The summed E-state index contributed by atoms with van der Waals surface area (Å²) in [6, 6.07) is 0. The van der Waals surface area contributed by atoms with Gasteiger partial charge in [0.1, 0.15) is 0 Å². The summed E-state index contributed by atoms with van der Waals surface area (Å²) in [5, 5.41) is 0. The molecule has 0 aliphatic carbocycles. The topological polar surface area (TPSA) is 141 Å². The quantitative estimate of drug-likeness (QED) is 0.306. The number of rotatable bonds is 12. The Labute approximate surface area is 116 Å². The van der Waals surface area contributed by atoms with Crippen LogP contribution in [0.3, 0.4) is 0 Å². The van der Waals surface area contributed by atoms with E-state index in [0.717, 1.165) is 0 Å². The van der Waals surface area contributed by atoms with Crippen LogP contribution in [0.25, 0.3) is 0 Å². The highest BCUT2D eigenvalue weighted by Crippen LogP contribution is 2.16. The first-order valence-corrected chi connectivity index (χ1v) is 8.10. The van der Waals surface area contributed by atoms with Gasteiger partial charge in [0.15, 0.2) is 0 Å². The van der Waals surface area contributed by atoms with Crippen LogP contribution in [-0.2, 0) is 17.7 Å². The predicted octanol–water partition coefficient (Wildman–Crippen LogP) is -1.90. The fourth-order valence-corrected chi connectivity index (χ4v) is 3.49. The maximum Gasteiger partial charge on any atom is 0.680 e. The number of hydrogen-bond donors (Lipinski definition) is 4. The van der Waals surface area contributed by atoms with Crippen molar-refractivity contribution in [2.45, 2.75) is 26.1 Å². The monoisotopic (exact) mass is 296 g/mol. The van der Waals surface area contributed by atoms with E-state index in [1.54, 1.807) is 0 Å². The molecule has 0 spiro atoms. The van der Waals surface area contributed by atoms with Crippen LogP contribution in [0, 0.1) is 0 Å². The lowest BCUT2D eigenvalue weighted by Crippen LogP contribution is -2.55. The van der Waals surface area contributed by atoms with Crippen molar-refractivity contribution in [2.75, 3.05) is 39.4 Å². The third-order valence-electron chi connectivity index (χ3n) is 2.15. The number of nitrogens with two attached hydrogens (primary N) is 4. The summed E-state index contributed by atoms with van der Waals surface area (Å²) >= 11 is 0. The van der Waals surface area contributed by atoms with Gasteiger partial charge < -0.3 is 40.6 Å². The zero-order chi connectivity index (χ0) is 14.7. The molecule has 0 aromatic carbocycles. The molecule has 8 nitrogen and oxygen atoms in total. The van der Waals surface area contributed by atoms with Crippen LogP contribution in [0.1, 0.15) is 13.8 Å². The Morgan fingerprint density at radius 2 is 1.16 bits per heavy atom. The SMILES string of the molecule is CC(CN)O[Si](OCCN)(OCCN)OC(C)CN. The Kier molecular flexibility index (Phi) is 10.6. The van der Waals surface area contributed by atoms with Crippen molar-refractivity contribution in [2.24, 2.45) is 22.9 Å². The molecule has 0 aliphatic rings. The van der Waals surface area contributed by atoms with E-state index in [-0.39, 0.29) is 25.4 Å². The molecule has 0 amide bonds. The normalized spacial score (nSPS) is 15.5. The molecule has 9 heteroatoms. The van der Waals surface area contributed by atoms with E-state index in [1.165, 1.54) is 0 Å². The Hall–Kier alpha value is -0.103. The minimum atomic E-state index is -3.33. The van der Waals surface area contributed by atoms with E-state index in [0.29, 0.717) is 26.2 Å². The van der Waals surface area contributed by atoms with Crippen molar-refractivity contribution in [3.63, 3.8) is 0 Å². The molecule has 0 heterocycles. The van der Waals surface area contributed by atoms with Crippen molar-refractivity contribution in [1.82, 2.24) is 0 Å². The minimum absolute atomic E-state index is 0.257. The number of hydrogen-bond acceptors (Lipinski definition) is 8. The molecule has 116 valence electrons. The molecule has 0 saturated carbocycles. The van der Waals surface area contributed by atoms with Crippen LogP contribution in [0.5, 0.6) is 0 Å². The second-order valence-electron chi connectivity index (χ2n) is 4.10. The average Bonchev–Trinajstić information content (AvgIpc) is 2.42. The fraction of sp³-hybridized carbons (Fsp3) is 1.00. The van der Waals surface area contributed by atoms with Crippen LogP contribution >= 0.6 is 0 Å². The molecule has 19 heavy (non-hydrogen) atoms. The third-order valence-corrected chi connectivity index (χ3v) is 4.65. The lowest BCUT2D eigenvalue weighted by Gasteiger charge is -2.32. The van der Waals surface area contributed by atoms with Gasteiger partial charge in [0.05, 0.1) is 25.4 Å². The van der Waals surface area contributed by atoms with Gasteiger partial charge in [0.25, 0.3) is 0 Å². The van der Waals surface area contributed by atoms with E-state index in [1.807, 2.05) is 13.8 Å². The highest BCUT2D eigenvalue weighted by molar-refractivity contribution is 6.53. The highest BCUT2D eigenvalue weighted by Gasteiger charge is 2.48. The van der Waals surface area contributed by atoms with Crippen LogP contribution in [0.2, 0.25) is 0 Å². The molecule has 0 fully saturated rings. The Bertz CT molecular complexity index is 204. The largest absolute Gasteiger partial charge is 0.680 e. The molecule has 0 saturated heterocycles. The van der Waals surface area contributed by atoms with Gasteiger partial charge in [0.2, 0.25) is 0 Å². The van der Waals surface area contributed by atoms with Gasteiger partial charge in [-0.1, -0.05) is 0 Å². The molecule has 2 atom stereocenters. The summed E-state index contributed by atoms with van der Waals surface area (Å²) in [7, 11) is -3.33. The molecule has 8 N–H and O–H groups in total. The van der Waals surface area contributed by atoms with Gasteiger partial charge in [0, 0.05) is 26.2 Å². The Balaban J connectivity index is 4.82. The van der Waals surface area contributed by atoms with Gasteiger partial charge in [-0.3, -0.25) is 0 Å². The first kappa shape index (κ1) is 18.9. The van der Waals surface area contributed by atoms with E-state index in [2.05, 4.69) is 0 Å². The lowest BCUT2D eigenvalue weighted by atomic mass is 10.4. The van der Waals surface area contributed by atoms with Crippen molar-refractivity contribution < 1.29 is 17.7 Å². The molecule has 0 radical (unpaired) electrons. The zero-order valence-corrected chi connectivity index (χ0v) is 12.8. The molecule has 0 aromatic heterocycles. The smallest absolute Gasteiger partial charge is 0.350 e. The van der Waals surface area contributed by atoms with Gasteiger partial charge >= 0.3 is 9.05 Å². The van der Waals surface area contributed by atoms with Gasteiger partial charge in [-0.2, -0.15) is 0 Å². The molecular weight excluding hydrogens is 268 g/mol. The first-order chi connectivity index (χ1) is 9.03. The average molecular weight is 296 g/mol.